The number of hydrogen-bond donors (Lipinski definition) is 2. The Morgan fingerprint density at radius 2 is 2.12 bits per heavy atom. The van der Waals surface area contributed by atoms with Crippen LogP contribution in [-0.2, 0) is 6.42 Å². The summed E-state index contributed by atoms with van der Waals surface area (Å²) in [4.78, 5) is 2.57. The Morgan fingerprint density at radius 1 is 1.29 bits per heavy atom. The fraction of sp³-hybridized carbons (Fsp3) is 0.571. The molecule has 2 N–H and O–H groups in total. The first-order chi connectivity index (χ1) is 8.31. The predicted molar refractivity (Wildman–Crippen MR) is 69.5 cm³/mol. The number of fused-ring (bicyclic) bond motifs is 1. The number of likely N-dealkylation sites (tertiary alicyclic amines) is 1. The zero-order chi connectivity index (χ0) is 11.7. The molecule has 0 spiro atoms. The molecule has 2 heterocycles. The maximum Gasteiger partial charge on any atom is 0.116 e. The number of hydrogen-bond acceptors (Lipinski definition) is 3. The molecule has 1 saturated heterocycles. The second-order valence-corrected chi connectivity index (χ2v) is 5.30. The Morgan fingerprint density at radius 3 is 2.94 bits per heavy atom. The van der Waals surface area contributed by atoms with Gasteiger partial charge in [-0.05, 0) is 62.0 Å². The Bertz CT molecular complexity index is 399. The fourth-order valence-corrected chi connectivity index (χ4v) is 3.02. The zero-order valence-corrected chi connectivity index (χ0v) is 10.2. The molecular formula is C14H20N2O. The van der Waals surface area contributed by atoms with Crippen LogP contribution in [0.25, 0.3) is 0 Å². The first-order valence-corrected chi connectivity index (χ1v) is 6.59. The molecule has 1 aromatic rings. The van der Waals surface area contributed by atoms with Crippen LogP contribution in [0, 0.1) is 5.92 Å². The number of rotatable bonds is 2. The van der Waals surface area contributed by atoms with Crippen molar-refractivity contribution in [3.05, 3.63) is 23.8 Å². The molecule has 17 heavy (non-hydrogen) atoms. The highest BCUT2D eigenvalue weighted by Crippen LogP contribution is 2.28. The lowest BCUT2D eigenvalue weighted by Gasteiger charge is -2.29. The summed E-state index contributed by atoms with van der Waals surface area (Å²) in [6.07, 6.45) is 3.81. The molecule has 3 nitrogen and oxygen atoms in total. The second-order valence-electron chi connectivity index (χ2n) is 5.30. The van der Waals surface area contributed by atoms with E-state index in [2.05, 4.69) is 10.2 Å². The van der Waals surface area contributed by atoms with Crippen molar-refractivity contribution < 1.29 is 5.11 Å². The summed E-state index contributed by atoms with van der Waals surface area (Å²) >= 11 is 0. The van der Waals surface area contributed by atoms with Gasteiger partial charge in [-0.15, -0.1) is 0 Å². The number of nitrogens with one attached hydrogen (secondary N) is 1. The van der Waals surface area contributed by atoms with E-state index in [1.807, 2.05) is 12.1 Å². The normalized spacial score (nSPS) is 24.4. The fourth-order valence-electron chi connectivity index (χ4n) is 3.02. The molecule has 1 atom stereocenters. The summed E-state index contributed by atoms with van der Waals surface area (Å²) in [5, 5.41) is 13.0. The maximum absolute atomic E-state index is 9.52. The number of phenolic OH excluding ortho intramolecular Hbond substituents is 1. The van der Waals surface area contributed by atoms with Crippen LogP contribution in [0.3, 0.4) is 0 Å². The Labute approximate surface area is 102 Å². The van der Waals surface area contributed by atoms with Crippen molar-refractivity contribution in [1.82, 2.24) is 4.90 Å². The van der Waals surface area contributed by atoms with Crippen molar-refractivity contribution in [3.63, 3.8) is 0 Å². The van der Waals surface area contributed by atoms with Crippen LogP contribution >= 0.6 is 0 Å². The molecule has 0 radical (unpaired) electrons. The summed E-state index contributed by atoms with van der Waals surface area (Å²) in [5.41, 5.74) is 2.46. The Hall–Kier alpha value is -1.22. The lowest BCUT2D eigenvalue weighted by Crippen LogP contribution is -2.34. The van der Waals surface area contributed by atoms with Gasteiger partial charge in [0.15, 0.2) is 0 Å². The van der Waals surface area contributed by atoms with Gasteiger partial charge in [0.05, 0.1) is 0 Å². The van der Waals surface area contributed by atoms with Gasteiger partial charge in [-0.2, -0.15) is 0 Å². The third-order valence-corrected chi connectivity index (χ3v) is 3.89. The van der Waals surface area contributed by atoms with Gasteiger partial charge in [-0.1, -0.05) is 0 Å². The third kappa shape index (κ3) is 2.39. The van der Waals surface area contributed by atoms with E-state index < -0.39 is 0 Å². The number of aromatic hydroxyl groups is 1. The number of phenols is 1. The van der Waals surface area contributed by atoms with Crippen molar-refractivity contribution >= 4 is 5.69 Å². The van der Waals surface area contributed by atoms with E-state index in [4.69, 9.17) is 0 Å². The summed E-state index contributed by atoms with van der Waals surface area (Å²) in [6, 6.07) is 5.64. The van der Waals surface area contributed by atoms with Gasteiger partial charge in [0.2, 0.25) is 0 Å². The molecule has 0 aromatic heterocycles. The van der Waals surface area contributed by atoms with E-state index in [9.17, 15) is 5.11 Å². The van der Waals surface area contributed by atoms with Gasteiger partial charge in [0.25, 0.3) is 0 Å². The molecule has 3 rings (SSSR count). The van der Waals surface area contributed by atoms with Crippen molar-refractivity contribution in [2.75, 3.05) is 31.5 Å². The van der Waals surface area contributed by atoms with Crippen LogP contribution in [0.1, 0.15) is 18.4 Å². The lowest BCUT2D eigenvalue weighted by atomic mass is 9.93. The largest absolute Gasteiger partial charge is 0.508 e. The molecule has 0 aliphatic carbocycles. The molecule has 1 unspecified atom stereocenters. The van der Waals surface area contributed by atoms with E-state index in [0.717, 1.165) is 13.0 Å². The van der Waals surface area contributed by atoms with Crippen molar-refractivity contribution in [2.45, 2.75) is 19.3 Å². The number of anilines is 1. The van der Waals surface area contributed by atoms with Crippen molar-refractivity contribution in [2.24, 2.45) is 5.92 Å². The van der Waals surface area contributed by atoms with E-state index in [1.165, 1.54) is 43.7 Å². The highest BCUT2D eigenvalue weighted by atomic mass is 16.3. The van der Waals surface area contributed by atoms with E-state index in [0.29, 0.717) is 11.7 Å². The summed E-state index contributed by atoms with van der Waals surface area (Å²) < 4.78 is 0. The minimum Gasteiger partial charge on any atom is -0.508 e. The quantitative estimate of drug-likeness (QED) is 0.766. The van der Waals surface area contributed by atoms with Gasteiger partial charge < -0.3 is 15.3 Å². The minimum absolute atomic E-state index is 0.382. The Balaban J connectivity index is 1.67. The van der Waals surface area contributed by atoms with Crippen molar-refractivity contribution in [3.8, 4) is 5.75 Å². The molecular weight excluding hydrogens is 212 g/mol. The van der Waals surface area contributed by atoms with Gasteiger partial charge in [-0.25, -0.2) is 0 Å². The standard InChI is InChI=1S/C14H20N2O/c17-13-3-4-14-12(8-13)7-11(9-15-14)10-16-5-1-2-6-16/h3-4,8,11,15,17H,1-2,5-7,9-10H2. The van der Waals surface area contributed by atoms with Crippen molar-refractivity contribution in [1.29, 1.82) is 0 Å². The van der Waals surface area contributed by atoms with Crippen LogP contribution < -0.4 is 5.32 Å². The van der Waals surface area contributed by atoms with Crippen LogP contribution in [0.2, 0.25) is 0 Å². The number of nitrogens with zero attached hydrogens (tertiary/aromatic N) is 1. The van der Waals surface area contributed by atoms with Gasteiger partial charge in [0.1, 0.15) is 5.75 Å². The average molecular weight is 232 g/mol. The number of benzene rings is 1. The van der Waals surface area contributed by atoms with Crippen LogP contribution in [0.15, 0.2) is 18.2 Å². The molecule has 0 bridgehead atoms. The van der Waals surface area contributed by atoms with Gasteiger partial charge in [-0.3, -0.25) is 0 Å². The van der Waals surface area contributed by atoms with E-state index in [-0.39, 0.29) is 0 Å². The van der Waals surface area contributed by atoms with Crippen LogP contribution in [0.4, 0.5) is 5.69 Å². The zero-order valence-electron chi connectivity index (χ0n) is 10.2. The summed E-state index contributed by atoms with van der Waals surface area (Å²) in [6.45, 7) is 4.79. The topological polar surface area (TPSA) is 35.5 Å². The summed E-state index contributed by atoms with van der Waals surface area (Å²) in [5.74, 6) is 1.06. The van der Waals surface area contributed by atoms with E-state index >= 15 is 0 Å². The van der Waals surface area contributed by atoms with Crippen LogP contribution in [0.5, 0.6) is 5.75 Å². The molecule has 92 valence electrons. The first-order valence-electron chi connectivity index (χ1n) is 6.59. The molecule has 0 amide bonds. The molecule has 3 heteroatoms. The minimum atomic E-state index is 0.382. The molecule has 0 saturated carbocycles. The smallest absolute Gasteiger partial charge is 0.116 e. The molecule has 2 aliphatic heterocycles. The maximum atomic E-state index is 9.52. The monoisotopic (exact) mass is 232 g/mol. The summed E-state index contributed by atoms with van der Waals surface area (Å²) in [7, 11) is 0. The lowest BCUT2D eigenvalue weighted by molar-refractivity contribution is 0.280. The highest BCUT2D eigenvalue weighted by Gasteiger charge is 2.22. The third-order valence-electron chi connectivity index (χ3n) is 3.89. The predicted octanol–water partition coefficient (Wildman–Crippen LogP) is 2.07. The Kier molecular flexibility index (Phi) is 2.93. The molecule has 1 fully saturated rings. The first kappa shape index (κ1) is 10.9. The highest BCUT2D eigenvalue weighted by molar-refractivity contribution is 5.55. The molecule has 2 aliphatic rings. The molecule has 1 aromatic carbocycles. The van der Waals surface area contributed by atoms with Crippen LogP contribution in [-0.4, -0.2) is 36.2 Å². The van der Waals surface area contributed by atoms with Gasteiger partial charge in [0, 0.05) is 18.8 Å². The van der Waals surface area contributed by atoms with E-state index in [1.54, 1.807) is 6.07 Å². The van der Waals surface area contributed by atoms with Gasteiger partial charge >= 0.3 is 0 Å². The second kappa shape index (κ2) is 4.57. The average Bonchev–Trinajstić information content (AvgIpc) is 2.81. The SMILES string of the molecule is Oc1ccc2c(c1)CC(CN1CCCC1)CN2.